The first-order valence-electron chi connectivity index (χ1n) is 8.26. The summed E-state index contributed by atoms with van der Waals surface area (Å²) in [6.07, 6.45) is 9.01. The predicted molar refractivity (Wildman–Crippen MR) is 91.8 cm³/mol. The summed E-state index contributed by atoms with van der Waals surface area (Å²) in [5.74, 6) is 0.427. The molecule has 0 radical (unpaired) electrons. The normalized spacial score (nSPS) is 17.2. The Morgan fingerprint density at radius 1 is 1.17 bits per heavy atom. The van der Waals surface area contributed by atoms with E-state index in [2.05, 4.69) is 15.1 Å². The maximum atomic E-state index is 11.6. The largest absolute Gasteiger partial charge is 0.264 e. The van der Waals surface area contributed by atoms with Gasteiger partial charge in [-0.25, -0.2) is 12.7 Å². The number of aromatic nitrogens is 4. The summed E-state index contributed by atoms with van der Waals surface area (Å²) in [5.41, 5.74) is 2.82. The molecule has 1 saturated heterocycles. The molecule has 0 spiro atoms. The first-order chi connectivity index (χ1) is 11.5. The molecular formula is C16H23N5O2S. The predicted octanol–water partition coefficient (Wildman–Crippen LogP) is 1.57. The molecule has 0 unspecified atom stereocenters. The quantitative estimate of drug-likeness (QED) is 0.818. The van der Waals surface area contributed by atoms with Crippen molar-refractivity contribution in [3.63, 3.8) is 0 Å². The van der Waals surface area contributed by atoms with E-state index in [0.717, 1.165) is 42.9 Å². The van der Waals surface area contributed by atoms with Crippen LogP contribution in [0.4, 0.5) is 0 Å². The van der Waals surface area contributed by atoms with E-state index in [9.17, 15) is 8.42 Å². The first kappa shape index (κ1) is 17.0. The summed E-state index contributed by atoms with van der Waals surface area (Å²) in [5, 5.41) is 4.31. The minimum absolute atomic E-state index is 0.427. The lowest BCUT2D eigenvalue weighted by atomic mass is 9.92. The molecule has 0 N–H and O–H groups in total. The summed E-state index contributed by atoms with van der Waals surface area (Å²) < 4.78 is 26.7. The average Bonchev–Trinajstić information content (AvgIpc) is 3.03. The SMILES string of the molecule is CCn1nccc1-c1nccnc1CC1CCN(S(C)(=O)=O)CC1. The highest BCUT2D eigenvalue weighted by atomic mass is 32.2. The van der Waals surface area contributed by atoms with Crippen molar-refractivity contribution in [3.8, 4) is 11.4 Å². The Morgan fingerprint density at radius 3 is 2.54 bits per heavy atom. The van der Waals surface area contributed by atoms with Crippen LogP contribution >= 0.6 is 0 Å². The van der Waals surface area contributed by atoms with Crippen molar-refractivity contribution in [2.45, 2.75) is 32.7 Å². The van der Waals surface area contributed by atoms with Gasteiger partial charge in [0.15, 0.2) is 0 Å². The zero-order chi connectivity index (χ0) is 17.2. The Balaban J connectivity index is 1.76. The van der Waals surface area contributed by atoms with Crippen LogP contribution in [-0.4, -0.2) is 51.8 Å². The molecule has 0 aliphatic carbocycles. The molecule has 3 rings (SSSR count). The molecule has 0 atom stereocenters. The van der Waals surface area contributed by atoms with Crippen molar-refractivity contribution in [2.75, 3.05) is 19.3 Å². The monoisotopic (exact) mass is 349 g/mol. The second kappa shape index (κ2) is 6.98. The van der Waals surface area contributed by atoms with Gasteiger partial charge in [0.25, 0.3) is 0 Å². The molecule has 3 heterocycles. The molecule has 0 amide bonds. The van der Waals surface area contributed by atoms with E-state index in [-0.39, 0.29) is 0 Å². The molecule has 0 bridgehead atoms. The number of piperidine rings is 1. The molecule has 24 heavy (non-hydrogen) atoms. The zero-order valence-corrected chi connectivity index (χ0v) is 14.9. The van der Waals surface area contributed by atoms with Gasteiger partial charge in [-0.05, 0) is 38.2 Å². The van der Waals surface area contributed by atoms with Gasteiger partial charge in [0.1, 0.15) is 5.69 Å². The second-order valence-corrected chi connectivity index (χ2v) is 8.18. The molecule has 1 aliphatic rings. The van der Waals surface area contributed by atoms with Gasteiger partial charge in [0.2, 0.25) is 10.0 Å². The van der Waals surface area contributed by atoms with Crippen LogP contribution < -0.4 is 0 Å². The minimum atomic E-state index is -3.08. The van der Waals surface area contributed by atoms with E-state index in [1.165, 1.54) is 6.26 Å². The standard InChI is InChI=1S/C16H23N5O2S/c1-3-21-15(4-7-19-21)16-14(17-8-9-18-16)12-13-5-10-20(11-6-13)24(2,22)23/h4,7-9,13H,3,5-6,10-12H2,1-2H3. The number of sulfonamides is 1. The molecule has 2 aromatic heterocycles. The number of aryl methyl sites for hydroxylation is 1. The lowest BCUT2D eigenvalue weighted by Crippen LogP contribution is -2.38. The molecule has 0 saturated carbocycles. The van der Waals surface area contributed by atoms with Gasteiger partial charge in [0.05, 0.1) is 17.6 Å². The van der Waals surface area contributed by atoms with Crippen molar-refractivity contribution < 1.29 is 8.42 Å². The molecular weight excluding hydrogens is 326 g/mol. The first-order valence-corrected chi connectivity index (χ1v) is 10.1. The molecule has 0 aromatic carbocycles. The van der Waals surface area contributed by atoms with Gasteiger partial charge in [0, 0.05) is 38.2 Å². The Hall–Kier alpha value is -1.80. The Kier molecular flexibility index (Phi) is 4.96. The fraction of sp³-hybridized carbons (Fsp3) is 0.562. The van der Waals surface area contributed by atoms with Crippen LogP contribution in [0.5, 0.6) is 0 Å². The highest BCUT2D eigenvalue weighted by Crippen LogP contribution is 2.26. The van der Waals surface area contributed by atoms with Crippen LogP contribution in [0.15, 0.2) is 24.7 Å². The van der Waals surface area contributed by atoms with Crippen molar-refractivity contribution in [1.29, 1.82) is 0 Å². The summed E-state index contributed by atoms with van der Waals surface area (Å²) in [7, 11) is -3.08. The summed E-state index contributed by atoms with van der Waals surface area (Å²) in [6, 6.07) is 1.96. The third kappa shape index (κ3) is 3.64. The maximum Gasteiger partial charge on any atom is 0.211 e. The van der Waals surface area contributed by atoms with E-state index in [1.807, 2.05) is 17.7 Å². The average molecular weight is 349 g/mol. The van der Waals surface area contributed by atoms with Crippen molar-refractivity contribution in [2.24, 2.45) is 5.92 Å². The van der Waals surface area contributed by atoms with Gasteiger partial charge < -0.3 is 0 Å². The van der Waals surface area contributed by atoms with Gasteiger partial charge in [-0.2, -0.15) is 5.10 Å². The fourth-order valence-corrected chi connectivity index (χ4v) is 4.11. The summed E-state index contributed by atoms with van der Waals surface area (Å²) >= 11 is 0. The Labute approximate surface area is 142 Å². The van der Waals surface area contributed by atoms with Gasteiger partial charge in [-0.1, -0.05) is 0 Å². The van der Waals surface area contributed by atoms with E-state index in [4.69, 9.17) is 0 Å². The highest BCUT2D eigenvalue weighted by molar-refractivity contribution is 7.88. The van der Waals surface area contributed by atoms with Crippen LogP contribution in [0, 0.1) is 5.92 Å². The molecule has 2 aromatic rings. The van der Waals surface area contributed by atoms with Crippen LogP contribution in [-0.2, 0) is 23.0 Å². The van der Waals surface area contributed by atoms with E-state index >= 15 is 0 Å². The molecule has 1 fully saturated rings. The van der Waals surface area contributed by atoms with Gasteiger partial charge >= 0.3 is 0 Å². The Bertz CT molecular complexity index is 794. The van der Waals surface area contributed by atoms with Crippen LogP contribution in [0.25, 0.3) is 11.4 Å². The Morgan fingerprint density at radius 2 is 1.88 bits per heavy atom. The van der Waals surface area contributed by atoms with Crippen molar-refractivity contribution in [1.82, 2.24) is 24.1 Å². The second-order valence-electron chi connectivity index (χ2n) is 6.19. The van der Waals surface area contributed by atoms with Crippen LogP contribution in [0.2, 0.25) is 0 Å². The molecule has 130 valence electrons. The number of rotatable bonds is 5. The van der Waals surface area contributed by atoms with Gasteiger partial charge in [-0.3, -0.25) is 14.6 Å². The molecule has 1 aliphatic heterocycles. The maximum absolute atomic E-state index is 11.6. The highest BCUT2D eigenvalue weighted by Gasteiger charge is 2.26. The van der Waals surface area contributed by atoms with E-state index < -0.39 is 10.0 Å². The zero-order valence-electron chi connectivity index (χ0n) is 14.1. The molecule has 8 heteroatoms. The van der Waals surface area contributed by atoms with E-state index in [1.54, 1.807) is 22.9 Å². The number of hydrogen-bond donors (Lipinski definition) is 0. The third-order valence-electron chi connectivity index (χ3n) is 4.56. The van der Waals surface area contributed by atoms with Gasteiger partial charge in [-0.15, -0.1) is 0 Å². The third-order valence-corrected chi connectivity index (χ3v) is 5.86. The molecule has 7 nitrogen and oxygen atoms in total. The summed E-state index contributed by atoms with van der Waals surface area (Å²) in [4.78, 5) is 9.06. The van der Waals surface area contributed by atoms with Crippen LogP contribution in [0.1, 0.15) is 25.5 Å². The smallest absolute Gasteiger partial charge is 0.211 e. The minimum Gasteiger partial charge on any atom is -0.264 e. The van der Waals surface area contributed by atoms with Crippen molar-refractivity contribution in [3.05, 3.63) is 30.4 Å². The van der Waals surface area contributed by atoms with Crippen molar-refractivity contribution >= 4 is 10.0 Å². The van der Waals surface area contributed by atoms with E-state index in [0.29, 0.717) is 19.0 Å². The van der Waals surface area contributed by atoms with Crippen LogP contribution in [0.3, 0.4) is 0 Å². The number of hydrogen-bond acceptors (Lipinski definition) is 5. The lowest BCUT2D eigenvalue weighted by molar-refractivity contribution is 0.273. The fourth-order valence-electron chi connectivity index (χ4n) is 3.23. The lowest BCUT2D eigenvalue weighted by Gasteiger charge is -2.30. The number of nitrogens with zero attached hydrogens (tertiary/aromatic N) is 5. The summed E-state index contributed by atoms with van der Waals surface area (Å²) in [6.45, 7) is 4.01. The topological polar surface area (TPSA) is 81.0 Å².